The van der Waals surface area contributed by atoms with Gasteiger partial charge >= 0.3 is 0 Å². The summed E-state index contributed by atoms with van der Waals surface area (Å²) >= 11 is 0. The molecule has 0 aromatic carbocycles. The molecule has 4 heteroatoms. The van der Waals surface area contributed by atoms with Crippen molar-refractivity contribution >= 4 is 0 Å². The Kier molecular flexibility index (Phi) is 4.65. The molecule has 2 spiro atoms. The fourth-order valence-electron chi connectivity index (χ4n) is 9.04. The van der Waals surface area contributed by atoms with E-state index in [1.807, 2.05) is 0 Å². The van der Waals surface area contributed by atoms with E-state index in [1.165, 1.54) is 18.4 Å². The van der Waals surface area contributed by atoms with Gasteiger partial charge in [-0.2, -0.15) is 0 Å². The number of rotatable bonds is 4. The summed E-state index contributed by atoms with van der Waals surface area (Å²) in [6, 6.07) is 0. The highest BCUT2D eigenvalue weighted by Crippen LogP contribution is 2.78. The van der Waals surface area contributed by atoms with E-state index in [1.54, 1.807) is 5.57 Å². The number of hydrogen-bond donors (Lipinski definition) is 1. The maximum atomic E-state index is 10.5. The summed E-state index contributed by atoms with van der Waals surface area (Å²) in [4.78, 5) is 0. The minimum Gasteiger partial charge on any atom is -0.393 e. The highest BCUT2D eigenvalue weighted by molar-refractivity contribution is 5.51. The summed E-state index contributed by atoms with van der Waals surface area (Å²) < 4.78 is 20.4. The summed E-state index contributed by atoms with van der Waals surface area (Å²) in [7, 11) is 0. The molecule has 7 aliphatic rings. The molecule has 10 atom stereocenters. The summed E-state index contributed by atoms with van der Waals surface area (Å²) in [5.41, 5.74) is 2.20. The van der Waals surface area contributed by atoms with E-state index in [9.17, 15) is 5.11 Å². The van der Waals surface area contributed by atoms with Gasteiger partial charge in [-0.05, 0) is 80.1 Å². The first-order valence-corrected chi connectivity index (χ1v) is 13.6. The van der Waals surface area contributed by atoms with Gasteiger partial charge in [-0.3, -0.25) is 0 Å². The van der Waals surface area contributed by atoms with Gasteiger partial charge in [0.2, 0.25) is 0 Å². The highest BCUT2D eigenvalue weighted by Gasteiger charge is 2.85. The van der Waals surface area contributed by atoms with Crippen molar-refractivity contribution in [3.05, 3.63) is 23.3 Å². The van der Waals surface area contributed by atoms with Crippen LogP contribution in [0, 0.1) is 34.5 Å². The van der Waals surface area contributed by atoms with E-state index in [2.05, 4.69) is 60.6 Å². The van der Waals surface area contributed by atoms with E-state index < -0.39 is 11.4 Å². The fraction of sp³-hybridized carbons (Fsp3) is 0.862. The van der Waals surface area contributed by atoms with Gasteiger partial charge in [0, 0.05) is 6.42 Å². The number of aliphatic hydroxyl groups excluding tert-OH is 1. The summed E-state index contributed by atoms with van der Waals surface area (Å²) in [5.74, 6) is 1.81. The number of fused-ring (bicyclic) bond motifs is 1. The molecule has 184 valence electrons. The lowest BCUT2D eigenvalue weighted by atomic mass is 9.49. The van der Waals surface area contributed by atoms with Crippen LogP contribution < -0.4 is 0 Å². The van der Waals surface area contributed by atoms with Crippen LogP contribution >= 0.6 is 0 Å². The molecule has 10 unspecified atom stereocenters. The van der Waals surface area contributed by atoms with Crippen molar-refractivity contribution in [1.29, 1.82) is 0 Å². The molecular weight excluding hydrogens is 412 g/mol. The molecule has 2 saturated carbocycles. The Hall–Kier alpha value is -0.680. The summed E-state index contributed by atoms with van der Waals surface area (Å²) in [5, 5.41) is 10.5. The van der Waals surface area contributed by atoms with Gasteiger partial charge < -0.3 is 19.3 Å². The van der Waals surface area contributed by atoms with Gasteiger partial charge in [-0.1, -0.05) is 59.3 Å². The number of aliphatic hydroxyl groups is 1. The third kappa shape index (κ3) is 2.52. The van der Waals surface area contributed by atoms with Crippen LogP contribution in [0.15, 0.2) is 23.3 Å². The van der Waals surface area contributed by atoms with Crippen molar-refractivity contribution in [3.63, 3.8) is 0 Å². The minimum atomic E-state index is -0.707. The van der Waals surface area contributed by atoms with Gasteiger partial charge in [0.25, 0.3) is 0 Å². The maximum absolute atomic E-state index is 10.5. The first-order chi connectivity index (χ1) is 15.4. The number of ether oxygens (including phenoxy) is 3. The predicted octanol–water partition coefficient (Wildman–Crippen LogP) is 6.14. The molecule has 6 fully saturated rings. The van der Waals surface area contributed by atoms with Gasteiger partial charge in [0.05, 0.1) is 11.5 Å². The molecule has 4 bridgehead atoms. The normalized spacial score (nSPS) is 54.2. The Morgan fingerprint density at radius 1 is 0.970 bits per heavy atom. The van der Waals surface area contributed by atoms with Crippen molar-refractivity contribution in [2.24, 2.45) is 34.5 Å². The molecule has 4 nitrogen and oxygen atoms in total. The van der Waals surface area contributed by atoms with Gasteiger partial charge in [0.1, 0.15) is 11.2 Å². The van der Waals surface area contributed by atoms with E-state index in [0.29, 0.717) is 30.1 Å². The lowest BCUT2D eigenvalue weighted by molar-refractivity contribution is -0.393. The van der Waals surface area contributed by atoms with E-state index >= 15 is 0 Å². The van der Waals surface area contributed by atoms with E-state index in [-0.39, 0.29) is 28.8 Å². The third-order valence-corrected chi connectivity index (χ3v) is 11.5. The van der Waals surface area contributed by atoms with Gasteiger partial charge in [-0.15, -0.1) is 0 Å². The quantitative estimate of drug-likeness (QED) is 0.516. The molecule has 4 heterocycles. The molecule has 4 aliphatic heterocycles. The summed E-state index contributed by atoms with van der Waals surface area (Å²) in [6.45, 7) is 16.5. The van der Waals surface area contributed by atoms with E-state index in [0.717, 1.165) is 25.7 Å². The molecular formula is C29H44O4. The Morgan fingerprint density at radius 2 is 1.73 bits per heavy atom. The minimum absolute atomic E-state index is 0.196. The average Bonchev–Trinajstić information content (AvgIpc) is 3.28. The van der Waals surface area contributed by atoms with Gasteiger partial charge in [0.15, 0.2) is 12.1 Å². The monoisotopic (exact) mass is 456 g/mol. The van der Waals surface area contributed by atoms with Crippen LogP contribution in [0.2, 0.25) is 0 Å². The Balaban J connectivity index is 1.42. The Labute approximate surface area is 200 Å². The number of hydrogen-bond acceptors (Lipinski definition) is 4. The van der Waals surface area contributed by atoms with Crippen LogP contribution in [-0.2, 0) is 14.2 Å². The second-order valence-electron chi connectivity index (χ2n) is 13.3. The average molecular weight is 457 g/mol. The molecule has 0 radical (unpaired) electrons. The Morgan fingerprint density at radius 3 is 2.45 bits per heavy atom. The van der Waals surface area contributed by atoms with Crippen molar-refractivity contribution in [3.8, 4) is 0 Å². The zero-order valence-corrected chi connectivity index (χ0v) is 21.7. The zero-order valence-electron chi connectivity index (χ0n) is 21.7. The largest absolute Gasteiger partial charge is 0.393 e. The standard InChI is InChI=1S/C29H44O4/c1-17(2)18(3)8-9-19(4)21-10-11-22-23-27(7)24-31-28(23,15-14-25(21,22)5)26(6)13-12-20(30)16-29(26,32-24)33-27/h8-9,17-21,24,30H,10-16H2,1-7H3. The van der Waals surface area contributed by atoms with E-state index in [4.69, 9.17) is 14.2 Å². The lowest BCUT2D eigenvalue weighted by Crippen LogP contribution is -2.71. The van der Waals surface area contributed by atoms with Crippen molar-refractivity contribution in [2.45, 2.75) is 123 Å². The van der Waals surface area contributed by atoms with Crippen LogP contribution in [0.25, 0.3) is 0 Å². The molecule has 0 aromatic heterocycles. The maximum Gasteiger partial charge on any atom is 0.194 e. The molecule has 0 amide bonds. The molecule has 3 aliphatic carbocycles. The fourth-order valence-corrected chi connectivity index (χ4v) is 9.04. The van der Waals surface area contributed by atoms with Crippen LogP contribution in [0.1, 0.15) is 93.4 Å². The van der Waals surface area contributed by atoms with Crippen LogP contribution in [0.4, 0.5) is 0 Å². The van der Waals surface area contributed by atoms with Crippen LogP contribution in [0.3, 0.4) is 0 Å². The zero-order chi connectivity index (χ0) is 23.6. The smallest absolute Gasteiger partial charge is 0.194 e. The van der Waals surface area contributed by atoms with Crippen LogP contribution in [0.5, 0.6) is 0 Å². The second-order valence-corrected chi connectivity index (χ2v) is 13.3. The molecule has 1 N–H and O–H groups in total. The molecule has 33 heavy (non-hydrogen) atoms. The SMILES string of the molecule is CC(C)C(C)C=CC(C)C1CCC2=C3C4(C)OC56CC(O)CCC5(C)C3(CCC21C)OC4O6. The molecule has 7 rings (SSSR count). The van der Waals surface area contributed by atoms with Crippen molar-refractivity contribution in [1.82, 2.24) is 0 Å². The molecule has 4 saturated heterocycles. The number of allylic oxidation sites excluding steroid dienone is 3. The second kappa shape index (κ2) is 6.75. The van der Waals surface area contributed by atoms with Crippen LogP contribution in [-0.4, -0.2) is 34.5 Å². The summed E-state index contributed by atoms with van der Waals surface area (Å²) in [6.07, 6.45) is 11.1. The third-order valence-electron chi connectivity index (χ3n) is 11.5. The van der Waals surface area contributed by atoms with Crippen molar-refractivity contribution < 1.29 is 19.3 Å². The first kappa shape index (κ1) is 22.8. The Bertz CT molecular complexity index is 923. The molecule has 0 aromatic rings. The predicted molar refractivity (Wildman–Crippen MR) is 128 cm³/mol. The lowest BCUT2D eigenvalue weighted by Gasteiger charge is -2.65. The van der Waals surface area contributed by atoms with Gasteiger partial charge in [-0.25, -0.2) is 0 Å². The van der Waals surface area contributed by atoms with Crippen molar-refractivity contribution in [2.75, 3.05) is 0 Å². The first-order valence-electron chi connectivity index (χ1n) is 13.6. The highest BCUT2D eigenvalue weighted by atomic mass is 16.9. The topological polar surface area (TPSA) is 47.9 Å².